The number of amides is 2. The van der Waals surface area contributed by atoms with Gasteiger partial charge in [-0.3, -0.25) is 9.59 Å². The van der Waals surface area contributed by atoms with Crippen LogP contribution < -0.4 is 0 Å². The molecule has 0 heterocycles. The zero-order valence-electron chi connectivity index (χ0n) is 13.2. The molecular formula is C15H28N2O2. The maximum atomic E-state index is 12.4. The summed E-state index contributed by atoms with van der Waals surface area (Å²) >= 11 is 0. The average molecular weight is 268 g/mol. The average Bonchev–Trinajstić information content (AvgIpc) is 2.38. The van der Waals surface area contributed by atoms with Gasteiger partial charge in [-0.1, -0.05) is 5.57 Å². The number of allylic oxidation sites excluding steroid dienone is 1. The molecule has 0 aliphatic heterocycles. The predicted octanol–water partition coefficient (Wildman–Crippen LogP) is 2.45. The van der Waals surface area contributed by atoms with Crippen molar-refractivity contribution in [3.8, 4) is 0 Å². The number of carbonyl (C=O) groups is 2. The number of likely N-dealkylation sites (N-methyl/N-ethyl adjacent to an activating group) is 1. The van der Waals surface area contributed by atoms with Crippen LogP contribution in [0.3, 0.4) is 0 Å². The van der Waals surface area contributed by atoms with Crippen LogP contribution in [0.5, 0.6) is 0 Å². The van der Waals surface area contributed by atoms with E-state index in [0.717, 1.165) is 5.57 Å². The van der Waals surface area contributed by atoms with Crippen LogP contribution in [0.2, 0.25) is 0 Å². The molecule has 0 bridgehead atoms. The molecule has 0 rings (SSSR count). The zero-order chi connectivity index (χ0) is 15.0. The van der Waals surface area contributed by atoms with Crippen molar-refractivity contribution in [3.05, 3.63) is 11.1 Å². The molecular weight excluding hydrogens is 240 g/mol. The molecule has 0 aromatic heterocycles. The van der Waals surface area contributed by atoms with Gasteiger partial charge in [-0.15, -0.1) is 0 Å². The van der Waals surface area contributed by atoms with Crippen molar-refractivity contribution in [1.29, 1.82) is 0 Å². The van der Waals surface area contributed by atoms with Gasteiger partial charge in [0.15, 0.2) is 0 Å². The molecule has 0 unspecified atom stereocenters. The molecule has 4 heteroatoms. The maximum absolute atomic E-state index is 12.4. The molecule has 0 saturated heterocycles. The second-order valence-electron chi connectivity index (χ2n) is 4.70. The first kappa shape index (κ1) is 17.7. The Kier molecular flexibility index (Phi) is 8.12. The minimum absolute atomic E-state index is 0.00879. The van der Waals surface area contributed by atoms with Crippen LogP contribution in [-0.2, 0) is 9.59 Å². The van der Waals surface area contributed by atoms with Crippen molar-refractivity contribution < 1.29 is 9.59 Å². The van der Waals surface area contributed by atoms with Crippen LogP contribution in [0, 0.1) is 0 Å². The third-order valence-electron chi connectivity index (χ3n) is 3.36. The van der Waals surface area contributed by atoms with Crippen molar-refractivity contribution in [2.45, 2.75) is 48.0 Å². The van der Waals surface area contributed by atoms with Gasteiger partial charge >= 0.3 is 0 Å². The summed E-state index contributed by atoms with van der Waals surface area (Å²) in [7, 11) is 0. The molecule has 0 saturated carbocycles. The van der Waals surface area contributed by atoms with Crippen LogP contribution in [-0.4, -0.2) is 47.8 Å². The number of carbonyl (C=O) groups excluding carboxylic acids is 2. The number of nitrogens with zero attached hydrogens (tertiary/aromatic N) is 2. The van der Waals surface area contributed by atoms with E-state index in [-0.39, 0.29) is 18.2 Å². The smallest absolute Gasteiger partial charge is 0.250 e. The van der Waals surface area contributed by atoms with Crippen LogP contribution >= 0.6 is 0 Å². The fourth-order valence-corrected chi connectivity index (χ4v) is 2.01. The van der Waals surface area contributed by atoms with E-state index in [1.165, 1.54) is 0 Å². The summed E-state index contributed by atoms with van der Waals surface area (Å²) in [5.74, 6) is 0.0206. The Hall–Kier alpha value is -1.32. The number of rotatable bonds is 7. The number of hydrogen-bond donors (Lipinski definition) is 0. The van der Waals surface area contributed by atoms with E-state index in [1.54, 1.807) is 9.80 Å². The minimum atomic E-state index is -0.00879. The molecule has 110 valence electrons. The molecule has 0 spiro atoms. The Bertz CT molecular complexity index is 336. The Labute approximate surface area is 117 Å². The first-order valence-electron chi connectivity index (χ1n) is 7.16. The second-order valence-corrected chi connectivity index (χ2v) is 4.70. The highest BCUT2D eigenvalue weighted by molar-refractivity contribution is 5.99. The van der Waals surface area contributed by atoms with Gasteiger partial charge in [0.1, 0.15) is 0 Å². The monoisotopic (exact) mass is 268 g/mol. The first-order chi connectivity index (χ1) is 8.92. The SMILES string of the molecule is CCN(CC)C(=O)CC(C(=O)N(CC)CC)=C(C)C. The summed E-state index contributed by atoms with van der Waals surface area (Å²) in [6.07, 6.45) is 0.208. The molecule has 0 aliphatic carbocycles. The van der Waals surface area contributed by atoms with E-state index >= 15 is 0 Å². The van der Waals surface area contributed by atoms with Crippen molar-refractivity contribution in [2.24, 2.45) is 0 Å². The van der Waals surface area contributed by atoms with E-state index < -0.39 is 0 Å². The van der Waals surface area contributed by atoms with Gasteiger partial charge in [-0.2, -0.15) is 0 Å². The lowest BCUT2D eigenvalue weighted by Gasteiger charge is -2.24. The van der Waals surface area contributed by atoms with Gasteiger partial charge < -0.3 is 9.80 Å². The summed E-state index contributed by atoms with van der Waals surface area (Å²) in [6, 6.07) is 0. The molecule has 0 radical (unpaired) electrons. The highest BCUT2D eigenvalue weighted by Gasteiger charge is 2.21. The van der Waals surface area contributed by atoms with Gasteiger partial charge in [0, 0.05) is 31.8 Å². The largest absolute Gasteiger partial charge is 0.343 e. The fourth-order valence-electron chi connectivity index (χ4n) is 2.01. The Morgan fingerprint density at radius 1 is 0.789 bits per heavy atom. The topological polar surface area (TPSA) is 40.6 Å². The van der Waals surface area contributed by atoms with Crippen LogP contribution in [0.15, 0.2) is 11.1 Å². The molecule has 4 nitrogen and oxygen atoms in total. The van der Waals surface area contributed by atoms with E-state index in [4.69, 9.17) is 0 Å². The van der Waals surface area contributed by atoms with Crippen molar-refractivity contribution >= 4 is 11.8 Å². The highest BCUT2D eigenvalue weighted by atomic mass is 16.2. The van der Waals surface area contributed by atoms with Crippen LogP contribution in [0.1, 0.15) is 48.0 Å². The highest BCUT2D eigenvalue weighted by Crippen LogP contribution is 2.14. The predicted molar refractivity (Wildman–Crippen MR) is 78.8 cm³/mol. The number of hydrogen-bond acceptors (Lipinski definition) is 2. The molecule has 0 aliphatic rings. The molecule has 19 heavy (non-hydrogen) atoms. The lowest BCUT2D eigenvalue weighted by atomic mass is 10.0. The fraction of sp³-hybridized carbons (Fsp3) is 0.733. The summed E-state index contributed by atoms with van der Waals surface area (Å²) in [5.41, 5.74) is 1.57. The summed E-state index contributed by atoms with van der Waals surface area (Å²) in [6.45, 7) is 14.3. The third-order valence-corrected chi connectivity index (χ3v) is 3.36. The van der Waals surface area contributed by atoms with E-state index in [2.05, 4.69) is 0 Å². The van der Waals surface area contributed by atoms with Crippen molar-refractivity contribution in [1.82, 2.24) is 9.80 Å². The third kappa shape index (κ3) is 5.05. The van der Waals surface area contributed by atoms with E-state index in [1.807, 2.05) is 41.5 Å². The lowest BCUT2D eigenvalue weighted by Crippen LogP contribution is -2.36. The van der Waals surface area contributed by atoms with E-state index in [9.17, 15) is 9.59 Å². The maximum Gasteiger partial charge on any atom is 0.250 e. The second kappa shape index (κ2) is 8.73. The quantitative estimate of drug-likeness (QED) is 0.665. The Balaban J connectivity index is 5.02. The molecule has 0 fully saturated rings. The van der Waals surface area contributed by atoms with Gasteiger partial charge in [0.2, 0.25) is 11.8 Å². The standard InChI is InChI=1S/C15H28N2O2/c1-7-16(8-2)14(18)11-13(12(5)6)15(19)17(9-3)10-4/h7-11H2,1-6H3. The van der Waals surface area contributed by atoms with E-state index in [0.29, 0.717) is 31.8 Å². The Morgan fingerprint density at radius 2 is 1.21 bits per heavy atom. The summed E-state index contributed by atoms with van der Waals surface area (Å²) < 4.78 is 0. The molecule has 0 aromatic rings. The van der Waals surface area contributed by atoms with Crippen LogP contribution in [0.4, 0.5) is 0 Å². The van der Waals surface area contributed by atoms with Crippen LogP contribution in [0.25, 0.3) is 0 Å². The summed E-state index contributed by atoms with van der Waals surface area (Å²) in [4.78, 5) is 28.0. The lowest BCUT2D eigenvalue weighted by molar-refractivity contribution is -0.133. The summed E-state index contributed by atoms with van der Waals surface area (Å²) in [5, 5.41) is 0. The van der Waals surface area contributed by atoms with Crippen molar-refractivity contribution in [3.63, 3.8) is 0 Å². The van der Waals surface area contributed by atoms with Crippen molar-refractivity contribution in [2.75, 3.05) is 26.2 Å². The molecule has 0 atom stereocenters. The van der Waals surface area contributed by atoms with Gasteiger partial charge in [-0.05, 0) is 41.5 Å². The molecule has 0 N–H and O–H groups in total. The zero-order valence-corrected chi connectivity index (χ0v) is 13.2. The first-order valence-corrected chi connectivity index (χ1v) is 7.16. The normalized spacial score (nSPS) is 10.0. The van der Waals surface area contributed by atoms with Gasteiger partial charge in [0.05, 0.1) is 6.42 Å². The van der Waals surface area contributed by atoms with Gasteiger partial charge in [-0.25, -0.2) is 0 Å². The van der Waals surface area contributed by atoms with Gasteiger partial charge in [0.25, 0.3) is 0 Å². The molecule has 2 amide bonds. The minimum Gasteiger partial charge on any atom is -0.343 e. The Morgan fingerprint density at radius 3 is 1.53 bits per heavy atom. The molecule has 0 aromatic carbocycles.